The molecule has 0 saturated carbocycles. The fraction of sp³-hybridized carbons (Fsp3) is 0.368. The summed E-state index contributed by atoms with van der Waals surface area (Å²) in [5.41, 5.74) is -3.69. The molecule has 1 amide bonds. The number of fused-ring (bicyclic) bond motifs is 1. The summed E-state index contributed by atoms with van der Waals surface area (Å²) < 4.78 is 81.1. The Morgan fingerprint density at radius 1 is 1.09 bits per heavy atom. The largest absolute Gasteiger partial charge is 0.417 e. The first-order chi connectivity index (χ1) is 15.0. The standard InChI is InChI=1S/C19H16F6N6O/c1-30-6-2-3-13(16(30)32)27-17-29-28-15(14-8-26-9-31(14)17)11-5-4-10(18(20,21)22)7-12(11)19(23,24)25/h4-5,7-9,13H,2-3,6H2,1H3,(H,27,29)/t13-/m1/s1. The van der Waals surface area contributed by atoms with Gasteiger partial charge in [0, 0.05) is 19.2 Å². The molecule has 2 aromatic heterocycles. The number of likely N-dealkylation sites (tertiary alicyclic amines) is 1. The number of hydrogen-bond acceptors (Lipinski definition) is 5. The number of benzene rings is 1. The summed E-state index contributed by atoms with van der Waals surface area (Å²) in [7, 11) is 1.65. The van der Waals surface area contributed by atoms with Crippen LogP contribution < -0.4 is 5.32 Å². The van der Waals surface area contributed by atoms with Crippen LogP contribution in [-0.4, -0.2) is 50.0 Å². The molecule has 1 N–H and O–H groups in total. The molecule has 0 radical (unpaired) electrons. The van der Waals surface area contributed by atoms with Gasteiger partial charge in [0.05, 0.1) is 22.8 Å². The van der Waals surface area contributed by atoms with Crippen molar-refractivity contribution in [3.8, 4) is 11.3 Å². The van der Waals surface area contributed by atoms with E-state index >= 15 is 0 Å². The van der Waals surface area contributed by atoms with Crippen LogP contribution in [0.4, 0.5) is 32.3 Å². The summed E-state index contributed by atoms with van der Waals surface area (Å²) in [5, 5.41) is 10.7. The van der Waals surface area contributed by atoms with Crippen molar-refractivity contribution in [2.45, 2.75) is 31.2 Å². The summed E-state index contributed by atoms with van der Waals surface area (Å²) in [6.45, 7) is 0.607. The van der Waals surface area contributed by atoms with Crippen molar-refractivity contribution in [1.29, 1.82) is 0 Å². The van der Waals surface area contributed by atoms with Crippen molar-refractivity contribution in [1.82, 2.24) is 24.5 Å². The minimum atomic E-state index is -5.06. The van der Waals surface area contributed by atoms with Crippen LogP contribution in [0.5, 0.6) is 0 Å². The van der Waals surface area contributed by atoms with E-state index < -0.39 is 35.1 Å². The molecule has 7 nitrogen and oxygen atoms in total. The number of alkyl halides is 6. The molecule has 13 heteroatoms. The predicted molar refractivity (Wildman–Crippen MR) is 101 cm³/mol. The van der Waals surface area contributed by atoms with Gasteiger partial charge in [-0.3, -0.25) is 9.20 Å². The number of amides is 1. The molecule has 0 spiro atoms. The molecular formula is C19H16F6N6O. The van der Waals surface area contributed by atoms with E-state index in [0.29, 0.717) is 19.0 Å². The second kappa shape index (κ2) is 7.64. The summed E-state index contributed by atoms with van der Waals surface area (Å²) in [6, 6.07) is 0.723. The van der Waals surface area contributed by atoms with Gasteiger partial charge in [-0.05, 0) is 25.0 Å². The normalized spacial score (nSPS) is 17.8. The Kier molecular flexibility index (Phi) is 5.21. The number of piperidine rings is 1. The lowest BCUT2D eigenvalue weighted by Gasteiger charge is -2.29. The van der Waals surface area contributed by atoms with Crippen LogP contribution in [0.2, 0.25) is 0 Å². The number of aromatic nitrogens is 4. The first kappa shape index (κ1) is 21.8. The third-order valence-electron chi connectivity index (χ3n) is 5.23. The van der Waals surface area contributed by atoms with E-state index in [2.05, 4.69) is 20.5 Å². The highest BCUT2D eigenvalue weighted by molar-refractivity contribution is 5.85. The smallest absolute Gasteiger partial charge is 0.344 e. The molecule has 3 heterocycles. The molecule has 1 aromatic carbocycles. The molecule has 1 fully saturated rings. The highest BCUT2D eigenvalue weighted by atomic mass is 19.4. The zero-order valence-electron chi connectivity index (χ0n) is 16.5. The molecule has 0 unspecified atom stereocenters. The Morgan fingerprint density at radius 3 is 2.53 bits per heavy atom. The van der Waals surface area contributed by atoms with E-state index in [4.69, 9.17) is 0 Å². The Morgan fingerprint density at radius 2 is 1.84 bits per heavy atom. The molecule has 170 valence electrons. The van der Waals surface area contributed by atoms with Crippen LogP contribution in [-0.2, 0) is 17.1 Å². The fourth-order valence-corrected chi connectivity index (χ4v) is 3.61. The Balaban J connectivity index is 1.80. The maximum atomic E-state index is 13.6. The van der Waals surface area contributed by atoms with Gasteiger partial charge in [-0.15, -0.1) is 10.2 Å². The molecule has 1 aliphatic heterocycles. The molecular weight excluding hydrogens is 442 g/mol. The summed E-state index contributed by atoms with van der Waals surface area (Å²) in [5.74, 6) is -0.0899. The Labute approximate surface area is 177 Å². The summed E-state index contributed by atoms with van der Waals surface area (Å²) >= 11 is 0. The number of likely N-dealkylation sites (N-methyl/N-ethyl adjacent to an activating group) is 1. The van der Waals surface area contributed by atoms with Crippen LogP contribution in [0.3, 0.4) is 0 Å². The number of halogens is 6. The molecule has 0 aliphatic carbocycles. The van der Waals surface area contributed by atoms with E-state index in [0.717, 1.165) is 12.5 Å². The number of carbonyl (C=O) groups excluding carboxylic acids is 1. The highest BCUT2D eigenvalue weighted by Crippen LogP contribution is 2.41. The third-order valence-corrected chi connectivity index (χ3v) is 5.23. The van der Waals surface area contributed by atoms with Gasteiger partial charge >= 0.3 is 12.4 Å². The van der Waals surface area contributed by atoms with E-state index in [-0.39, 0.29) is 29.1 Å². The number of carbonyl (C=O) groups is 1. The van der Waals surface area contributed by atoms with Crippen molar-refractivity contribution in [3.63, 3.8) is 0 Å². The van der Waals surface area contributed by atoms with Gasteiger partial charge in [0.25, 0.3) is 0 Å². The minimum absolute atomic E-state index is 0.0482. The zero-order chi connectivity index (χ0) is 23.3. The Bertz CT molecular complexity index is 1170. The van der Waals surface area contributed by atoms with Crippen molar-refractivity contribution >= 4 is 17.4 Å². The second-order valence-electron chi connectivity index (χ2n) is 7.38. The maximum absolute atomic E-state index is 13.6. The average Bonchev–Trinajstić information content (AvgIpc) is 3.20. The van der Waals surface area contributed by atoms with Crippen LogP contribution in [0.1, 0.15) is 24.0 Å². The second-order valence-corrected chi connectivity index (χ2v) is 7.38. The number of imidazole rings is 1. The van der Waals surface area contributed by atoms with Crippen LogP contribution in [0, 0.1) is 0 Å². The molecule has 3 aromatic rings. The van der Waals surface area contributed by atoms with Crippen molar-refractivity contribution < 1.29 is 31.1 Å². The predicted octanol–water partition coefficient (Wildman–Crippen LogP) is 3.86. The van der Waals surface area contributed by atoms with Crippen molar-refractivity contribution in [3.05, 3.63) is 41.9 Å². The van der Waals surface area contributed by atoms with Gasteiger partial charge in [-0.1, -0.05) is 6.07 Å². The SMILES string of the molecule is CN1CCC[C@@H](Nc2nnc(-c3ccc(C(F)(F)F)cc3C(F)(F)F)c3cncn23)C1=O. The van der Waals surface area contributed by atoms with Crippen LogP contribution >= 0.6 is 0 Å². The van der Waals surface area contributed by atoms with E-state index in [9.17, 15) is 31.1 Å². The van der Waals surface area contributed by atoms with Crippen molar-refractivity contribution in [2.75, 3.05) is 18.9 Å². The molecule has 1 aliphatic rings. The van der Waals surface area contributed by atoms with Crippen molar-refractivity contribution in [2.24, 2.45) is 0 Å². The quantitative estimate of drug-likeness (QED) is 0.604. The maximum Gasteiger partial charge on any atom is 0.417 e. The van der Waals surface area contributed by atoms with Crippen LogP contribution in [0.25, 0.3) is 16.8 Å². The number of nitrogens with one attached hydrogen (secondary N) is 1. The molecule has 4 rings (SSSR count). The number of nitrogens with zero attached hydrogens (tertiary/aromatic N) is 5. The number of hydrogen-bond donors (Lipinski definition) is 1. The fourth-order valence-electron chi connectivity index (χ4n) is 3.61. The lowest BCUT2D eigenvalue weighted by Crippen LogP contribution is -2.45. The van der Waals surface area contributed by atoms with Crippen LogP contribution in [0.15, 0.2) is 30.7 Å². The minimum Gasteiger partial charge on any atom is -0.344 e. The van der Waals surface area contributed by atoms with Gasteiger partial charge in [-0.2, -0.15) is 26.3 Å². The molecule has 1 saturated heterocycles. The topological polar surface area (TPSA) is 75.4 Å². The van der Waals surface area contributed by atoms with Gasteiger partial charge in [0.2, 0.25) is 11.9 Å². The van der Waals surface area contributed by atoms with E-state index in [1.54, 1.807) is 11.9 Å². The van der Waals surface area contributed by atoms with E-state index in [1.165, 1.54) is 16.9 Å². The van der Waals surface area contributed by atoms with Gasteiger partial charge in [-0.25, -0.2) is 4.98 Å². The van der Waals surface area contributed by atoms with Gasteiger partial charge < -0.3 is 10.2 Å². The highest BCUT2D eigenvalue weighted by Gasteiger charge is 2.39. The first-order valence-corrected chi connectivity index (χ1v) is 9.46. The summed E-state index contributed by atoms with van der Waals surface area (Å²) in [6.07, 6.45) is -6.24. The van der Waals surface area contributed by atoms with Gasteiger partial charge in [0.1, 0.15) is 18.1 Å². The molecule has 32 heavy (non-hydrogen) atoms. The molecule has 0 bridgehead atoms. The lowest BCUT2D eigenvalue weighted by molar-refractivity contribution is -0.142. The third kappa shape index (κ3) is 3.94. The number of anilines is 1. The molecule has 1 atom stereocenters. The average molecular weight is 458 g/mol. The summed E-state index contributed by atoms with van der Waals surface area (Å²) in [4.78, 5) is 17.8. The lowest BCUT2D eigenvalue weighted by atomic mass is 10.00. The Hall–Kier alpha value is -3.38. The van der Waals surface area contributed by atoms with E-state index in [1.807, 2.05) is 0 Å². The monoisotopic (exact) mass is 458 g/mol. The number of rotatable bonds is 3. The van der Waals surface area contributed by atoms with Gasteiger partial charge in [0.15, 0.2) is 0 Å². The first-order valence-electron chi connectivity index (χ1n) is 9.46. The zero-order valence-corrected chi connectivity index (χ0v) is 16.5.